The Morgan fingerprint density at radius 2 is 1.62 bits per heavy atom. The molecule has 0 radical (unpaired) electrons. The van der Waals surface area contributed by atoms with Gasteiger partial charge in [-0.15, -0.1) is 5.26 Å². The third-order valence-corrected chi connectivity index (χ3v) is 4.61. The number of nitriles is 1. The van der Waals surface area contributed by atoms with E-state index in [-0.39, 0.29) is 12.6 Å². The van der Waals surface area contributed by atoms with Crippen LogP contribution in [0, 0.1) is 34.7 Å². The fraction of sp³-hybridized carbons (Fsp3) is 0.842. The second kappa shape index (κ2) is 11.1. The minimum absolute atomic E-state index is 0.272. The van der Waals surface area contributed by atoms with Crippen molar-refractivity contribution in [2.45, 2.75) is 73.6 Å². The van der Waals surface area contributed by atoms with E-state index in [2.05, 4.69) is 27.7 Å². The molecule has 5 heteroatoms. The molecule has 0 spiro atoms. The Bertz CT molecular complexity index is 439. The first-order valence-corrected chi connectivity index (χ1v) is 9.02. The van der Waals surface area contributed by atoms with Crippen LogP contribution in [0.4, 0.5) is 0 Å². The number of carbonyl (C=O) groups is 2. The maximum absolute atomic E-state index is 12.7. The molecular weight excluding hydrogens is 306 g/mol. The van der Waals surface area contributed by atoms with Crippen molar-refractivity contribution in [2.24, 2.45) is 23.2 Å². The van der Waals surface area contributed by atoms with Gasteiger partial charge < -0.3 is 9.47 Å². The number of esters is 2. The van der Waals surface area contributed by atoms with Crippen molar-refractivity contribution in [1.82, 2.24) is 0 Å². The van der Waals surface area contributed by atoms with Gasteiger partial charge in [-0.2, -0.15) is 0 Å². The molecular formula is C19H33NO4. The number of rotatable bonds is 11. The van der Waals surface area contributed by atoms with Gasteiger partial charge in [-0.3, -0.25) is 9.59 Å². The van der Waals surface area contributed by atoms with E-state index in [0.717, 1.165) is 12.8 Å². The smallest absolute Gasteiger partial charge is 0.328 e. The van der Waals surface area contributed by atoms with E-state index in [9.17, 15) is 9.59 Å². The fourth-order valence-electron chi connectivity index (χ4n) is 3.04. The molecule has 138 valence electrons. The van der Waals surface area contributed by atoms with E-state index >= 15 is 0 Å². The minimum Gasteiger partial charge on any atom is -0.466 e. The lowest BCUT2D eigenvalue weighted by atomic mass is 9.67. The van der Waals surface area contributed by atoms with Gasteiger partial charge in [0.2, 0.25) is 0 Å². The molecule has 0 fully saturated rings. The largest absolute Gasteiger partial charge is 0.466 e. The molecule has 2 unspecified atom stereocenters. The number of carbonyl (C=O) groups excluding carboxylic acids is 2. The first kappa shape index (κ1) is 22.4. The molecule has 5 nitrogen and oxygen atoms in total. The van der Waals surface area contributed by atoms with Gasteiger partial charge in [0, 0.05) is 0 Å². The normalized spacial score (nSPS) is 14.8. The molecule has 24 heavy (non-hydrogen) atoms. The van der Waals surface area contributed by atoms with E-state index in [1.54, 1.807) is 6.92 Å². The Labute approximate surface area is 146 Å². The van der Waals surface area contributed by atoms with Crippen LogP contribution in [0.1, 0.15) is 73.6 Å². The summed E-state index contributed by atoms with van der Waals surface area (Å²) in [6.07, 6.45) is 4.60. The van der Waals surface area contributed by atoms with Crippen LogP contribution in [0.15, 0.2) is 0 Å². The molecule has 2 atom stereocenters. The summed E-state index contributed by atoms with van der Waals surface area (Å²) in [6, 6.07) is 0. The first-order chi connectivity index (χ1) is 11.2. The van der Waals surface area contributed by atoms with Gasteiger partial charge in [-0.1, -0.05) is 41.0 Å². The summed E-state index contributed by atoms with van der Waals surface area (Å²) in [6.45, 7) is 12.2. The van der Waals surface area contributed by atoms with Gasteiger partial charge in [0.05, 0.1) is 17.9 Å². The summed E-state index contributed by atoms with van der Waals surface area (Å²) >= 11 is 0. The zero-order valence-electron chi connectivity index (χ0n) is 16.1. The van der Waals surface area contributed by atoms with Crippen LogP contribution in [0.25, 0.3) is 0 Å². The van der Waals surface area contributed by atoms with Crippen molar-refractivity contribution in [3.05, 3.63) is 0 Å². The predicted molar refractivity (Wildman–Crippen MR) is 92.7 cm³/mol. The van der Waals surface area contributed by atoms with E-state index in [1.165, 1.54) is 6.26 Å². The van der Waals surface area contributed by atoms with Gasteiger partial charge in [0.25, 0.3) is 6.26 Å². The number of hydrogen-bond donors (Lipinski definition) is 0. The Balaban J connectivity index is 5.77. The molecule has 0 heterocycles. The van der Waals surface area contributed by atoms with Crippen LogP contribution < -0.4 is 0 Å². The maximum Gasteiger partial charge on any atom is 0.328 e. The SMILES string of the molecule is CCOC(=O)C(CCC(C)C)C(CC)(CCC(C)C)C(=O)OC#N. The van der Waals surface area contributed by atoms with Crippen molar-refractivity contribution in [3.8, 4) is 6.26 Å². The van der Waals surface area contributed by atoms with Crippen molar-refractivity contribution >= 4 is 11.9 Å². The standard InChI is InChI=1S/C19H33NO4/c1-7-19(12-11-15(5)6,18(22)24-13-20)16(10-9-14(3)4)17(21)23-8-2/h14-16H,7-12H2,1-6H3. The lowest BCUT2D eigenvalue weighted by Gasteiger charge is -2.36. The van der Waals surface area contributed by atoms with Gasteiger partial charge in [0.1, 0.15) is 0 Å². The molecule has 0 aromatic heterocycles. The molecule has 0 amide bonds. The van der Waals surface area contributed by atoms with E-state index in [1.807, 2.05) is 6.92 Å². The number of ether oxygens (including phenoxy) is 2. The van der Waals surface area contributed by atoms with Crippen molar-refractivity contribution in [3.63, 3.8) is 0 Å². The third kappa shape index (κ3) is 6.51. The lowest BCUT2D eigenvalue weighted by molar-refractivity contribution is -0.167. The molecule has 0 aliphatic carbocycles. The van der Waals surface area contributed by atoms with E-state index in [4.69, 9.17) is 14.7 Å². The summed E-state index contributed by atoms with van der Waals surface area (Å²) in [5.74, 6) is -0.745. The fourth-order valence-corrected chi connectivity index (χ4v) is 3.04. The van der Waals surface area contributed by atoms with E-state index < -0.39 is 17.3 Å². The highest BCUT2D eigenvalue weighted by molar-refractivity contribution is 5.85. The quantitative estimate of drug-likeness (QED) is 0.410. The average molecular weight is 339 g/mol. The molecule has 0 aromatic carbocycles. The van der Waals surface area contributed by atoms with Gasteiger partial charge in [-0.25, -0.2) is 0 Å². The zero-order valence-corrected chi connectivity index (χ0v) is 16.1. The Hall–Kier alpha value is -1.57. The Morgan fingerprint density at radius 1 is 1.04 bits per heavy atom. The second-order valence-corrected chi connectivity index (χ2v) is 7.20. The molecule has 0 N–H and O–H groups in total. The van der Waals surface area contributed by atoms with Gasteiger partial charge >= 0.3 is 11.9 Å². The van der Waals surface area contributed by atoms with Crippen molar-refractivity contribution < 1.29 is 19.1 Å². The third-order valence-electron chi connectivity index (χ3n) is 4.61. The predicted octanol–water partition coefficient (Wildman–Crippen LogP) is 4.46. The van der Waals surface area contributed by atoms with Crippen LogP contribution >= 0.6 is 0 Å². The zero-order chi connectivity index (χ0) is 18.8. The summed E-state index contributed by atoms with van der Waals surface area (Å²) < 4.78 is 9.96. The molecule has 0 aliphatic rings. The Kier molecular flexibility index (Phi) is 10.3. The van der Waals surface area contributed by atoms with E-state index in [0.29, 0.717) is 31.1 Å². The topological polar surface area (TPSA) is 76.4 Å². The minimum atomic E-state index is -0.999. The molecule has 0 saturated heterocycles. The summed E-state index contributed by atoms with van der Waals surface area (Å²) in [5, 5.41) is 8.81. The van der Waals surface area contributed by atoms with Crippen LogP contribution in [0.2, 0.25) is 0 Å². The molecule has 0 rings (SSSR count). The van der Waals surface area contributed by atoms with Gasteiger partial charge in [0.15, 0.2) is 0 Å². The molecule has 0 bridgehead atoms. The second-order valence-electron chi connectivity index (χ2n) is 7.20. The van der Waals surface area contributed by atoms with Crippen LogP contribution in [-0.2, 0) is 19.1 Å². The van der Waals surface area contributed by atoms with Crippen molar-refractivity contribution in [1.29, 1.82) is 5.26 Å². The van der Waals surface area contributed by atoms with Crippen molar-refractivity contribution in [2.75, 3.05) is 6.61 Å². The lowest BCUT2D eigenvalue weighted by Crippen LogP contribution is -2.44. The van der Waals surface area contributed by atoms with Gasteiger partial charge in [-0.05, 0) is 44.4 Å². The Morgan fingerprint density at radius 3 is 2.04 bits per heavy atom. The summed E-state index contributed by atoms with van der Waals surface area (Å²) in [7, 11) is 0. The highest BCUT2D eigenvalue weighted by Crippen LogP contribution is 2.42. The number of hydrogen-bond acceptors (Lipinski definition) is 5. The first-order valence-electron chi connectivity index (χ1n) is 9.02. The molecule has 0 aromatic rings. The molecule has 0 saturated carbocycles. The van der Waals surface area contributed by atoms with Crippen LogP contribution in [0.5, 0.6) is 0 Å². The van der Waals surface area contributed by atoms with Crippen LogP contribution in [0.3, 0.4) is 0 Å². The maximum atomic E-state index is 12.7. The molecule has 0 aliphatic heterocycles. The highest BCUT2D eigenvalue weighted by Gasteiger charge is 2.49. The number of nitrogens with zero attached hydrogens (tertiary/aromatic N) is 1. The summed E-state index contributed by atoms with van der Waals surface area (Å²) in [4.78, 5) is 25.3. The monoisotopic (exact) mass is 339 g/mol. The summed E-state index contributed by atoms with van der Waals surface area (Å²) in [5.41, 5.74) is -0.999. The average Bonchev–Trinajstić information content (AvgIpc) is 2.50. The highest BCUT2D eigenvalue weighted by atomic mass is 16.5. The van der Waals surface area contributed by atoms with Crippen LogP contribution in [-0.4, -0.2) is 18.5 Å².